The standard InChI is InChI=1S/C12H12ClN5O/c1-15-11-9(13)17-8(10(14)18-11)12(19)16-7-5-3-2-4-6-7/h2-6H,1H3,(H,16,19)(H3,14,15,18). The van der Waals surface area contributed by atoms with Crippen LogP contribution in [-0.2, 0) is 0 Å². The van der Waals surface area contributed by atoms with Crippen molar-refractivity contribution in [1.29, 1.82) is 0 Å². The molecule has 0 spiro atoms. The van der Waals surface area contributed by atoms with E-state index in [0.29, 0.717) is 11.5 Å². The molecular weight excluding hydrogens is 266 g/mol. The van der Waals surface area contributed by atoms with Gasteiger partial charge in [0.25, 0.3) is 5.91 Å². The monoisotopic (exact) mass is 277 g/mol. The van der Waals surface area contributed by atoms with Crippen LogP contribution in [0.25, 0.3) is 0 Å². The number of amides is 1. The first-order chi connectivity index (χ1) is 9.11. The van der Waals surface area contributed by atoms with Crippen LogP contribution in [0.3, 0.4) is 0 Å². The topological polar surface area (TPSA) is 92.9 Å². The number of hydrogen-bond acceptors (Lipinski definition) is 5. The highest BCUT2D eigenvalue weighted by Gasteiger charge is 2.16. The Balaban J connectivity index is 2.27. The Hall–Kier alpha value is -2.34. The fourth-order valence-corrected chi connectivity index (χ4v) is 1.69. The van der Waals surface area contributed by atoms with Crippen molar-refractivity contribution in [2.75, 3.05) is 23.4 Å². The maximum absolute atomic E-state index is 12.0. The molecule has 98 valence electrons. The Morgan fingerprint density at radius 2 is 1.95 bits per heavy atom. The van der Waals surface area contributed by atoms with E-state index in [1.807, 2.05) is 18.2 Å². The highest BCUT2D eigenvalue weighted by molar-refractivity contribution is 6.32. The summed E-state index contributed by atoms with van der Waals surface area (Å²) in [4.78, 5) is 19.9. The lowest BCUT2D eigenvalue weighted by molar-refractivity contribution is 0.102. The number of anilines is 3. The van der Waals surface area contributed by atoms with Crippen molar-refractivity contribution in [1.82, 2.24) is 9.97 Å². The van der Waals surface area contributed by atoms with Crippen molar-refractivity contribution < 1.29 is 4.79 Å². The van der Waals surface area contributed by atoms with Gasteiger partial charge in [-0.1, -0.05) is 29.8 Å². The fraction of sp³-hybridized carbons (Fsp3) is 0.0833. The minimum atomic E-state index is -0.458. The second-order valence-corrected chi connectivity index (χ2v) is 4.03. The lowest BCUT2D eigenvalue weighted by Gasteiger charge is -2.08. The van der Waals surface area contributed by atoms with Crippen LogP contribution in [0.2, 0.25) is 5.15 Å². The highest BCUT2D eigenvalue weighted by atomic mass is 35.5. The Bertz CT molecular complexity index is 603. The SMILES string of the molecule is CNc1nc(N)c(C(=O)Nc2ccccc2)nc1Cl. The quantitative estimate of drug-likeness (QED) is 0.798. The van der Waals surface area contributed by atoms with Gasteiger partial charge in [0.1, 0.15) is 0 Å². The number of benzene rings is 1. The number of carbonyl (C=O) groups excluding carboxylic acids is 1. The van der Waals surface area contributed by atoms with E-state index in [-0.39, 0.29) is 16.7 Å². The minimum Gasteiger partial charge on any atom is -0.382 e. The van der Waals surface area contributed by atoms with E-state index in [9.17, 15) is 4.79 Å². The zero-order valence-corrected chi connectivity index (χ0v) is 10.9. The Labute approximate surface area is 115 Å². The summed E-state index contributed by atoms with van der Waals surface area (Å²) in [6.45, 7) is 0. The summed E-state index contributed by atoms with van der Waals surface area (Å²) >= 11 is 5.88. The number of hydrogen-bond donors (Lipinski definition) is 3. The molecule has 0 radical (unpaired) electrons. The van der Waals surface area contributed by atoms with Crippen LogP contribution in [0.15, 0.2) is 30.3 Å². The zero-order chi connectivity index (χ0) is 13.8. The Kier molecular flexibility index (Phi) is 3.82. The van der Waals surface area contributed by atoms with Crippen molar-refractivity contribution in [3.05, 3.63) is 41.2 Å². The summed E-state index contributed by atoms with van der Waals surface area (Å²) in [5.41, 5.74) is 6.32. The first kappa shape index (κ1) is 13.1. The third-order valence-electron chi connectivity index (χ3n) is 2.36. The predicted octanol–water partition coefficient (Wildman–Crippen LogP) is 2.01. The zero-order valence-electron chi connectivity index (χ0n) is 10.1. The molecule has 0 saturated heterocycles. The van der Waals surface area contributed by atoms with Crippen molar-refractivity contribution in [3.8, 4) is 0 Å². The molecular formula is C12H12ClN5O. The van der Waals surface area contributed by atoms with Gasteiger partial charge in [-0.2, -0.15) is 0 Å². The maximum atomic E-state index is 12.0. The van der Waals surface area contributed by atoms with Crippen LogP contribution in [-0.4, -0.2) is 22.9 Å². The van der Waals surface area contributed by atoms with Gasteiger partial charge in [-0.25, -0.2) is 9.97 Å². The first-order valence-corrected chi connectivity index (χ1v) is 5.86. The summed E-state index contributed by atoms with van der Waals surface area (Å²) in [5, 5.41) is 5.49. The predicted molar refractivity (Wildman–Crippen MR) is 75.4 cm³/mol. The van der Waals surface area contributed by atoms with E-state index < -0.39 is 5.91 Å². The second-order valence-electron chi connectivity index (χ2n) is 3.67. The molecule has 0 saturated carbocycles. The molecule has 1 aromatic carbocycles. The van der Waals surface area contributed by atoms with Crippen molar-refractivity contribution in [3.63, 3.8) is 0 Å². The average Bonchev–Trinajstić information content (AvgIpc) is 2.42. The van der Waals surface area contributed by atoms with Crippen LogP contribution in [0.4, 0.5) is 17.3 Å². The number of nitrogens with one attached hydrogen (secondary N) is 2. The van der Waals surface area contributed by atoms with E-state index in [4.69, 9.17) is 17.3 Å². The molecule has 1 heterocycles. The lowest BCUT2D eigenvalue weighted by atomic mass is 10.3. The maximum Gasteiger partial charge on any atom is 0.278 e. The van der Waals surface area contributed by atoms with E-state index >= 15 is 0 Å². The number of carbonyl (C=O) groups is 1. The van der Waals surface area contributed by atoms with Crippen LogP contribution in [0.1, 0.15) is 10.5 Å². The van der Waals surface area contributed by atoms with E-state index in [1.165, 1.54) is 0 Å². The molecule has 1 amide bonds. The van der Waals surface area contributed by atoms with E-state index in [2.05, 4.69) is 20.6 Å². The number of rotatable bonds is 3. The summed E-state index contributed by atoms with van der Waals surface area (Å²) in [6.07, 6.45) is 0. The number of para-hydroxylation sites is 1. The van der Waals surface area contributed by atoms with Gasteiger partial charge in [-0.3, -0.25) is 4.79 Å². The molecule has 2 aromatic rings. The van der Waals surface area contributed by atoms with Gasteiger partial charge in [0.15, 0.2) is 22.5 Å². The van der Waals surface area contributed by atoms with Crippen LogP contribution in [0.5, 0.6) is 0 Å². The van der Waals surface area contributed by atoms with Crippen LogP contribution >= 0.6 is 11.6 Å². The number of nitrogens with zero attached hydrogens (tertiary/aromatic N) is 2. The van der Waals surface area contributed by atoms with Crippen molar-refractivity contribution in [2.24, 2.45) is 0 Å². The van der Waals surface area contributed by atoms with Gasteiger partial charge < -0.3 is 16.4 Å². The Morgan fingerprint density at radius 1 is 1.26 bits per heavy atom. The average molecular weight is 278 g/mol. The van der Waals surface area contributed by atoms with Crippen molar-refractivity contribution in [2.45, 2.75) is 0 Å². The molecule has 4 N–H and O–H groups in total. The molecule has 0 unspecified atom stereocenters. The van der Waals surface area contributed by atoms with Gasteiger partial charge >= 0.3 is 0 Å². The minimum absolute atomic E-state index is 0.00662. The van der Waals surface area contributed by atoms with Gasteiger partial charge in [0.05, 0.1) is 0 Å². The van der Waals surface area contributed by atoms with Gasteiger partial charge in [-0.15, -0.1) is 0 Å². The van der Waals surface area contributed by atoms with E-state index in [0.717, 1.165) is 0 Å². The highest BCUT2D eigenvalue weighted by Crippen LogP contribution is 2.20. The molecule has 0 fully saturated rings. The number of halogens is 1. The van der Waals surface area contributed by atoms with Gasteiger partial charge in [0.2, 0.25) is 0 Å². The molecule has 6 nitrogen and oxygen atoms in total. The molecule has 0 bridgehead atoms. The molecule has 0 atom stereocenters. The van der Waals surface area contributed by atoms with Crippen LogP contribution < -0.4 is 16.4 Å². The largest absolute Gasteiger partial charge is 0.382 e. The number of nitrogens with two attached hydrogens (primary N) is 1. The number of aromatic nitrogens is 2. The third kappa shape index (κ3) is 2.92. The smallest absolute Gasteiger partial charge is 0.278 e. The third-order valence-corrected chi connectivity index (χ3v) is 2.63. The van der Waals surface area contributed by atoms with Gasteiger partial charge in [0, 0.05) is 12.7 Å². The normalized spacial score (nSPS) is 10.0. The molecule has 0 aliphatic heterocycles. The second kappa shape index (κ2) is 5.53. The summed E-state index contributed by atoms with van der Waals surface area (Å²) < 4.78 is 0. The van der Waals surface area contributed by atoms with Crippen molar-refractivity contribution >= 4 is 34.8 Å². The first-order valence-electron chi connectivity index (χ1n) is 5.49. The lowest BCUT2D eigenvalue weighted by Crippen LogP contribution is -2.17. The summed E-state index contributed by atoms with van der Waals surface area (Å²) in [7, 11) is 1.64. The fourth-order valence-electron chi connectivity index (χ4n) is 1.47. The molecule has 2 rings (SSSR count). The molecule has 0 aliphatic carbocycles. The number of nitrogen functional groups attached to an aromatic ring is 1. The van der Waals surface area contributed by atoms with Gasteiger partial charge in [-0.05, 0) is 12.1 Å². The Morgan fingerprint density at radius 3 is 2.58 bits per heavy atom. The molecule has 19 heavy (non-hydrogen) atoms. The molecule has 1 aromatic heterocycles. The summed E-state index contributed by atoms with van der Waals surface area (Å²) in [5.74, 6) is -0.113. The van der Waals surface area contributed by atoms with Crippen LogP contribution in [0, 0.1) is 0 Å². The molecule has 0 aliphatic rings. The van der Waals surface area contributed by atoms with E-state index in [1.54, 1.807) is 19.2 Å². The summed E-state index contributed by atoms with van der Waals surface area (Å²) in [6, 6.07) is 8.97. The molecule has 7 heteroatoms.